The first kappa shape index (κ1) is 36.0. The molecule has 0 atom stereocenters. The van der Waals surface area contributed by atoms with Crippen molar-refractivity contribution >= 4 is 77.5 Å². The van der Waals surface area contributed by atoms with E-state index in [-0.39, 0.29) is 41.3 Å². The monoisotopic (exact) mass is 766 g/mol. The molecule has 55 heavy (non-hydrogen) atoms. The van der Waals surface area contributed by atoms with Gasteiger partial charge in [-0.05, 0) is 76.2 Å². The Bertz CT molecular complexity index is 2940. The number of carbonyl (C=O) groups excluding carboxylic acids is 2. The van der Waals surface area contributed by atoms with E-state index in [0.717, 1.165) is 111 Å². The molecule has 9 rings (SSSR count). The second-order valence-electron chi connectivity index (χ2n) is 13.9. The van der Waals surface area contributed by atoms with E-state index in [1.54, 1.807) is 0 Å². The van der Waals surface area contributed by atoms with Gasteiger partial charge in [0.2, 0.25) is 0 Å². The zero-order valence-corrected chi connectivity index (χ0v) is 31.8. The third-order valence-corrected chi connectivity index (χ3v) is 10.9. The molecule has 9 heteroatoms. The first-order valence-corrected chi connectivity index (χ1v) is 18.1. The molecule has 0 spiro atoms. The predicted molar refractivity (Wildman–Crippen MR) is 215 cm³/mol. The number of methoxy groups -OCH3 is 2. The molecule has 0 amide bonds. The molecule has 0 radical (unpaired) electrons. The van der Waals surface area contributed by atoms with E-state index >= 15 is 0 Å². The summed E-state index contributed by atoms with van der Waals surface area (Å²) in [6.45, 7) is 4.08. The molecule has 5 heterocycles. The van der Waals surface area contributed by atoms with Gasteiger partial charge in [0.05, 0.1) is 37.0 Å². The van der Waals surface area contributed by atoms with Crippen LogP contribution in [0.15, 0.2) is 97.1 Å². The summed E-state index contributed by atoms with van der Waals surface area (Å²) in [4.78, 5) is 45.9. The van der Waals surface area contributed by atoms with E-state index in [4.69, 9.17) is 29.4 Å². The molecule has 0 saturated carbocycles. The van der Waals surface area contributed by atoms with Gasteiger partial charge >= 0.3 is 28.4 Å². The van der Waals surface area contributed by atoms with Gasteiger partial charge in [0.1, 0.15) is 0 Å². The number of hydrogen-bond acceptors (Lipinski definition) is 6. The van der Waals surface area contributed by atoms with Gasteiger partial charge in [-0.15, -0.1) is 22.1 Å². The van der Waals surface area contributed by atoms with Crippen LogP contribution >= 0.6 is 0 Å². The molecule has 0 saturated heterocycles. The van der Waals surface area contributed by atoms with Crippen LogP contribution in [0.5, 0.6) is 0 Å². The van der Waals surface area contributed by atoms with Crippen molar-refractivity contribution < 1.29 is 35.6 Å². The summed E-state index contributed by atoms with van der Waals surface area (Å²) in [5.41, 5.74) is 12.1. The molecule has 2 aliphatic rings. The topological polar surface area (TPSA) is 107 Å². The number of benzene rings is 4. The number of fused-ring (bicyclic) bond motifs is 18. The maximum absolute atomic E-state index is 12.4. The summed E-state index contributed by atoms with van der Waals surface area (Å²) in [5, 5.41) is 6.53. The smallest absolute Gasteiger partial charge is 0.657 e. The normalized spacial score (nSPS) is 12.2. The Kier molecular flexibility index (Phi) is 9.35. The maximum atomic E-state index is 12.4. The number of rotatable bonds is 6. The fourth-order valence-electron chi connectivity index (χ4n) is 8.03. The van der Waals surface area contributed by atoms with E-state index in [1.807, 2.05) is 32.0 Å². The first-order chi connectivity index (χ1) is 26.3. The molecule has 274 valence electrons. The average molecular weight is 768 g/mol. The Morgan fingerprint density at radius 1 is 0.600 bits per heavy atom. The summed E-state index contributed by atoms with van der Waals surface area (Å²) in [7, 11) is 2.81. The van der Waals surface area contributed by atoms with E-state index in [0.29, 0.717) is 12.8 Å². The van der Waals surface area contributed by atoms with Crippen LogP contribution in [0.3, 0.4) is 0 Å². The Morgan fingerprint density at radius 3 is 1.96 bits per heavy atom. The van der Waals surface area contributed by atoms with Crippen LogP contribution in [-0.2, 0) is 42.0 Å². The third-order valence-electron chi connectivity index (χ3n) is 10.9. The molecule has 0 aliphatic carbocycles. The van der Waals surface area contributed by atoms with Crippen molar-refractivity contribution in [2.75, 3.05) is 14.2 Å². The molecule has 0 fully saturated rings. The Morgan fingerprint density at radius 2 is 1.20 bits per heavy atom. The number of carbonyl (C=O) groups is 2. The van der Waals surface area contributed by atoms with Crippen molar-refractivity contribution in [3.05, 3.63) is 120 Å². The summed E-state index contributed by atoms with van der Waals surface area (Å²) >= 11 is 0. The van der Waals surface area contributed by atoms with Gasteiger partial charge in [-0.1, -0.05) is 102 Å². The number of esters is 2. The average Bonchev–Trinajstić information content (AvgIpc) is 3.90. The Hall–Kier alpha value is -6.05. The van der Waals surface area contributed by atoms with E-state index in [2.05, 4.69) is 78.9 Å². The van der Waals surface area contributed by atoms with Gasteiger partial charge in [-0.25, -0.2) is 9.97 Å². The second kappa shape index (κ2) is 14.3. The molecule has 8 nitrogen and oxygen atoms in total. The molecule has 0 unspecified atom stereocenters. The maximum Gasteiger partial charge on any atom is 2.00 e. The van der Waals surface area contributed by atoms with Gasteiger partial charge in [-0.2, -0.15) is 0 Å². The molecule has 7 aromatic rings. The quantitative estimate of drug-likeness (QED) is 0.122. The van der Waals surface area contributed by atoms with Gasteiger partial charge in [0.15, 0.2) is 0 Å². The summed E-state index contributed by atoms with van der Waals surface area (Å²) in [6, 6.07) is 33.5. The van der Waals surface area contributed by atoms with Crippen molar-refractivity contribution in [3.63, 3.8) is 0 Å². The van der Waals surface area contributed by atoms with E-state index < -0.39 is 0 Å². The first-order valence-electron chi connectivity index (χ1n) is 18.1. The van der Waals surface area contributed by atoms with Crippen LogP contribution in [0.2, 0.25) is 0 Å². The minimum Gasteiger partial charge on any atom is -0.657 e. The van der Waals surface area contributed by atoms with Gasteiger partial charge in [-0.3, -0.25) is 9.59 Å². The summed E-state index contributed by atoms with van der Waals surface area (Å²) in [6.07, 6.45) is 1.30. The number of nitrogens with zero attached hydrogens (tertiary/aromatic N) is 4. The number of allylic oxidation sites excluding steroid dienone is 2. The van der Waals surface area contributed by atoms with E-state index in [9.17, 15) is 9.59 Å². The fourth-order valence-corrected chi connectivity index (χ4v) is 8.03. The second-order valence-corrected chi connectivity index (χ2v) is 13.9. The van der Waals surface area contributed by atoms with Gasteiger partial charge in [0, 0.05) is 24.0 Å². The van der Waals surface area contributed by atoms with Crippen LogP contribution < -0.4 is 9.97 Å². The van der Waals surface area contributed by atoms with Gasteiger partial charge in [0.25, 0.3) is 0 Å². The number of aryl methyl sites for hydroxylation is 2. The fraction of sp³-hybridized carbons (Fsp3) is 0.174. The molecule has 8 bridgehead atoms. The number of ether oxygens (including phenoxy) is 2. The van der Waals surface area contributed by atoms with Crippen molar-refractivity contribution in [3.8, 4) is 22.5 Å². The SMILES string of the molecule is COC(=O)CCC1=C(C)c2cc3[n-]c(cc4nc(cc5[n-]c(cc1n2)c(CCC(=O)OC)c5C)-c1c-4ccc2ccccc12)c1ccc2ccccc2c31.[Ni+2]. The molecule has 4 aromatic carbocycles. The van der Waals surface area contributed by atoms with Crippen LogP contribution in [0.25, 0.3) is 88.0 Å². The van der Waals surface area contributed by atoms with E-state index in [1.165, 1.54) is 14.2 Å². The minimum atomic E-state index is -0.292. The molecule has 3 aromatic heterocycles. The largest absolute Gasteiger partial charge is 2.00 e. The van der Waals surface area contributed by atoms with Crippen LogP contribution in [0, 0.1) is 6.92 Å². The van der Waals surface area contributed by atoms with Crippen LogP contribution in [0.4, 0.5) is 0 Å². The summed E-state index contributed by atoms with van der Waals surface area (Å²) < 4.78 is 10.0. The third kappa shape index (κ3) is 6.19. The van der Waals surface area contributed by atoms with Crippen molar-refractivity contribution in [1.29, 1.82) is 0 Å². The van der Waals surface area contributed by atoms with Crippen molar-refractivity contribution in [1.82, 2.24) is 19.9 Å². The van der Waals surface area contributed by atoms with Crippen molar-refractivity contribution in [2.45, 2.75) is 39.5 Å². The Balaban J connectivity index is 0.00000427. The summed E-state index contributed by atoms with van der Waals surface area (Å²) in [5.74, 6) is -0.584. The standard InChI is InChI=1S/C46H36N4O4.Ni/c1-25-29(17-19-43(51)53-3)37-23-38-30(18-20-44(52)54-4)26(2)36(48-38)22-42-46-32-12-8-6-10-28(32)14-16-34(46)40(50-42)24-39-33-15-13-27-9-5-7-11-31(27)45(33)41(49-39)21-35(25)47-37;/h5-16,21-24H,17-20H2,1-4H3;/q-2;+2. The predicted octanol–water partition coefficient (Wildman–Crippen LogP) is 9.66. The minimum absolute atomic E-state index is 0. The molecular formula is C46H36N4NiO4. The molecular weight excluding hydrogens is 731 g/mol. The molecule has 0 N–H and O–H groups in total. The van der Waals surface area contributed by atoms with Gasteiger partial charge < -0.3 is 19.4 Å². The number of hydrogen-bond donors (Lipinski definition) is 0. The number of aromatic nitrogens is 4. The van der Waals surface area contributed by atoms with Crippen molar-refractivity contribution in [2.24, 2.45) is 0 Å². The Labute approximate surface area is 327 Å². The zero-order valence-electron chi connectivity index (χ0n) is 30.8. The zero-order chi connectivity index (χ0) is 37.1. The van der Waals surface area contributed by atoms with Crippen LogP contribution in [-0.4, -0.2) is 36.1 Å². The van der Waals surface area contributed by atoms with Crippen LogP contribution in [0.1, 0.15) is 48.7 Å². The molecule has 2 aliphatic heterocycles.